The van der Waals surface area contributed by atoms with Gasteiger partial charge in [-0.2, -0.15) is 10.3 Å². The summed E-state index contributed by atoms with van der Waals surface area (Å²) in [7, 11) is 0. The molecule has 0 aliphatic heterocycles. The van der Waals surface area contributed by atoms with Gasteiger partial charge in [0.25, 0.3) is 0 Å². The minimum absolute atomic E-state index is 0. The standard InChI is InChI=1S/4C6H9N3.2CNS.Ni.6H2O/c4*1-4-3-5(2)9-6(7)8-4;2*2-1-3;;;;;;;/h4*3H,1-2H3,(H2,7,8,9);;;;6*1H2/q;;;;2*-1;+2;;;;;;/p+4. The molecule has 20 nitrogen and oxygen atoms in total. The molecule has 23 heteroatoms. The predicted molar refractivity (Wildman–Crippen MR) is 202 cm³/mol. The Hall–Kier alpha value is -4.63. The third-order valence-electron chi connectivity index (χ3n) is 4.00. The van der Waals surface area contributed by atoms with Gasteiger partial charge in [-0.15, -0.1) is 0 Å². The fourth-order valence-electron chi connectivity index (χ4n) is 3.01. The van der Waals surface area contributed by atoms with Crippen molar-refractivity contribution in [3.8, 4) is 0 Å². The zero-order valence-electron chi connectivity index (χ0n) is 28.5. The fraction of sp³-hybridized carbons (Fsp3) is 0.308. The maximum absolute atomic E-state index is 7.13. The summed E-state index contributed by atoms with van der Waals surface area (Å²) < 4.78 is 0. The summed E-state index contributed by atoms with van der Waals surface area (Å²) in [5.74, 6) is 1.42. The number of isothiocyanates is 2. The first-order valence-corrected chi connectivity index (χ1v) is 12.7. The van der Waals surface area contributed by atoms with Gasteiger partial charge in [0.15, 0.2) is 0 Å². The van der Waals surface area contributed by atoms with Crippen molar-refractivity contribution in [1.82, 2.24) is 39.9 Å². The second-order valence-corrected chi connectivity index (χ2v) is 8.58. The summed E-state index contributed by atoms with van der Waals surface area (Å²) in [6.07, 6.45) is 0. The maximum atomic E-state index is 7.13. The molecule has 4 heterocycles. The quantitative estimate of drug-likeness (QED) is 0.0696. The van der Waals surface area contributed by atoms with Crippen molar-refractivity contribution in [2.24, 2.45) is 0 Å². The van der Waals surface area contributed by atoms with Gasteiger partial charge < -0.3 is 66.6 Å². The van der Waals surface area contributed by atoms with E-state index in [2.05, 4.69) is 64.3 Å². The third kappa shape index (κ3) is 39.5. The Morgan fingerprint density at radius 3 is 0.551 bits per heavy atom. The van der Waals surface area contributed by atoms with Crippen LogP contribution in [0.5, 0.6) is 0 Å². The average Bonchev–Trinajstić information content (AvgIpc) is 2.77. The molecule has 4 rings (SSSR count). The maximum Gasteiger partial charge on any atom is 2.00 e. The van der Waals surface area contributed by atoms with Gasteiger partial charge in [-0.05, 0) is 79.7 Å². The third-order valence-corrected chi connectivity index (χ3v) is 4.00. The van der Waals surface area contributed by atoms with Crippen LogP contribution in [0.2, 0.25) is 0 Å². The van der Waals surface area contributed by atoms with Crippen LogP contribution >= 0.6 is 24.4 Å². The van der Waals surface area contributed by atoms with Crippen LogP contribution in [0.25, 0.3) is 10.8 Å². The Balaban J connectivity index is -0.0000000564. The van der Waals surface area contributed by atoms with Crippen molar-refractivity contribution in [1.29, 1.82) is 0 Å². The van der Waals surface area contributed by atoms with Gasteiger partial charge in [-0.3, -0.25) is 0 Å². The molecule has 0 saturated heterocycles. The molecule has 0 aliphatic rings. The van der Waals surface area contributed by atoms with Gasteiger partial charge in [0, 0.05) is 45.6 Å². The summed E-state index contributed by atoms with van der Waals surface area (Å²) in [6, 6.07) is 7.54. The normalized spacial score (nSPS) is 7.35. The van der Waals surface area contributed by atoms with E-state index < -0.39 is 0 Å². The molecular weight excluding hydrogens is 727 g/mol. The van der Waals surface area contributed by atoms with Gasteiger partial charge in [0.2, 0.25) is 23.8 Å². The van der Waals surface area contributed by atoms with Gasteiger partial charge >= 0.3 is 16.5 Å². The van der Waals surface area contributed by atoms with Crippen molar-refractivity contribution >= 4 is 58.6 Å². The van der Waals surface area contributed by atoms with E-state index in [1.807, 2.05) is 79.7 Å². The molecule has 0 unspecified atom stereocenters. The van der Waals surface area contributed by atoms with Gasteiger partial charge in [0.05, 0.1) is 0 Å². The number of rotatable bonds is 0. The van der Waals surface area contributed by atoms with E-state index in [4.69, 9.17) is 33.8 Å². The first-order chi connectivity index (χ1) is 19.6. The first kappa shape index (κ1) is 66.7. The topological polar surface area (TPSA) is 447 Å². The Morgan fingerprint density at radius 2 is 0.490 bits per heavy atom. The molecule has 0 aliphatic carbocycles. The van der Waals surface area contributed by atoms with Crippen LogP contribution in [0.3, 0.4) is 0 Å². The van der Waals surface area contributed by atoms with E-state index in [1.54, 1.807) is 0 Å². The molecule has 4 aromatic rings. The van der Waals surface area contributed by atoms with Crippen LogP contribution < -0.4 is 22.9 Å². The molecule has 0 radical (unpaired) electrons. The van der Waals surface area contributed by atoms with Gasteiger partial charge in [-0.1, -0.05) is 24.4 Å². The Labute approximate surface area is 305 Å². The van der Waals surface area contributed by atoms with E-state index in [-0.39, 0.29) is 49.3 Å². The zero-order chi connectivity index (χ0) is 32.8. The van der Waals surface area contributed by atoms with E-state index >= 15 is 0 Å². The van der Waals surface area contributed by atoms with Crippen molar-refractivity contribution in [2.45, 2.75) is 55.4 Å². The number of nitrogens with zero attached hydrogens (tertiary/aromatic N) is 10. The molecule has 280 valence electrons. The second kappa shape index (κ2) is 37.8. The molecule has 0 bridgehead atoms. The van der Waals surface area contributed by atoms with Gasteiger partial charge in [0.1, 0.15) is 0 Å². The average molecular weight is 780 g/mol. The Bertz CT molecular complexity index is 1090. The zero-order valence-corrected chi connectivity index (χ0v) is 31.2. The SMILES string of the molecule is Cc1cc(C)nc(N)n1.Cc1cc(C)nc(N)n1.Cc1cc(C)nc(N)n1.Cc1cc(C)nc(N)n1.O.O.[N-]=C=S.[N-]=C=S.[Ni+2].[OH3+].[OH3+].[OH3+].[OH3+]. The molecule has 0 atom stereocenters. The number of anilines is 4. The van der Waals surface area contributed by atoms with Crippen molar-refractivity contribution < 1.29 is 49.3 Å². The number of aryl methyl sites for hydroxylation is 8. The molecule has 0 fully saturated rings. The molecule has 0 aromatic carbocycles. The van der Waals surface area contributed by atoms with Crippen LogP contribution in [0, 0.1) is 55.4 Å². The van der Waals surface area contributed by atoms with Crippen molar-refractivity contribution in [3.63, 3.8) is 0 Å². The summed E-state index contributed by atoms with van der Waals surface area (Å²) in [5.41, 5.74) is 28.7. The number of aromatic nitrogens is 8. The van der Waals surface area contributed by atoms with Crippen LogP contribution in [0.15, 0.2) is 24.3 Å². The molecule has 4 aromatic heterocycles. The Kier molecular flexibility index (Phi) is 51.5. The second-order valence-electron chi connectivity index (χ2n) is 8.22. The monoisotopic (exact) mass is 778 g/mol. The van der Waals surface area contributed by atoms with Crippen LogP contribution in [0.1, 0.15) is 45.6 Å². The van der Waals surface area contributed by atoms with E-state index in [9.17, 15) is 0 Å². The smallest absolute Gasteiger partial charge is 0.753 e. The first-order valence-electron chi connectivity index (χ1n) is 11.9. The number of nitrogens with two attached hydrogens (primary N) is 4. The minimum Gasteiger partial charge on any atom is -0.753 e. The van der Waals surface area contributed by atoms with Crippen LogP contribution in [-0.2, 0) is 38.4 Å². The van der Waals surface area contributed by atoms with Gasteiger partial charge in [-0.25, -0.2) is 39.9 Å². The molecule has 0 spiro atoms. The van der Waals surface area contributed by atoms with Crippen LogP contribution in [0.4, 0.5) is 23.8 Å². The number of hydrogen-bond donors (Lipinski definition) is 4. The number of thiocarbonyl (C=S) groups is 2. The largest absolute Gasteiger partial charge is 2.00 e. The molecule has 0 saturated carbocycles. The summed E-state index contributed by atoms with van der Waals surface area (Å²) in [4.78, 5) is 31.2. The van der Waals surface area contributed by atoms with E-state index in [0.717, 1.165) is 45.6 Å². The number of hydrogen-bond acceptors (Lipinski definition) is 14. The van der Waals surface area contributed by atoms with E-state index in [1.165, 1.54) is 10.3 Å². The summed E-state index contributed by atoms with van der Waals surface area (Å²) >= 11 is 7.40. The summed E-state index contributed by atoms with van der Waals surface area (Å²) in [5, 5.41) is 16.9. The molecule has 24 N–H and O–H groups in total. The number of nitrogen functional groups attached to an aromatic ring is 4. The molecule has 49 heavy (non-hydrogen) atoms. The van der Waals surface area contributed by atoms with Crippen LogP contribution in [-0.4, -0.2) is 61.1 Å². The fourth-order valence-corrected chi connectivity index (χ4v) is 3.01. The van der Waals surface area contributed by atoms with Crippen molar-refractivity contribution in [3.05, 3.63) is 80.6 Å². The van der Waals surface area contributed by atoms with Crippen molar-refractivity contribution in [2.75, 3.05) is 22.9 Å². The Morgan fingerprint density at radius 1 is 0.408 bits per heavy atom. The predicted octanol–water partition coefficient (Wildman–Crippen LogP) is -1.32. The minimum atomic E-state index is 0. The molecular formula is C26H52N14NiO6S2+4. The summed E-state index contributed by atoms with van der Waals surface area (Å²) in [6.45, 7) is 15.2. The van der Waals surface area contributed by atoms with E-state index in [0.29, 0.717) is 23.8 Å². The molecule has 0 amide bonds.